The molecule has 2 rings (SSSR count). The van der Waals surface area contributed by atoms with Crippen LogP contribution in [0.2, 0.25) is 0 Å². The third-order valence-electron chi connectivity index (χ3n) is 3.20. The molecule has 2 nitrogen and oxygen atoms in total. The van der Waals surface area contributed by atoms with E-state index in [1.54, 1.807) is 0 Å². The van der Waals surface area contributed by atoms with Crippen LogP contribution in [0.5, 0.6) is 0 Å². The first-order chi connectivity index (χ1) is 5.53. The molecule has 2 fully saturated rings. The van der Waals surface area contributed by atoms with Crippen LogP contribution in [0.3, 0.4) is 0 Å². The molecule has 1 saturated carbocycles. The lowest BCUT2D eigenvalue weighted by molar-refractivity contribution is -0.142. The fourth-order valence-corrected chi connectivity index (χ4v) is 2.43. The highest BCUT2D eigenvalue weighted by Crippen LogP contribution is 2.50. The summed E-state index contributed by atoms with van der Waals surface area (Å²) in [5.74, 6) is -0.108. The van der Waals surface area contributed by atoms with Gasteiger partial charge in [-0.3, -0.25) is 4.79 Å². The van der Waals surface area contributed by atoms with Crippen molar-refractivity contribution in [3.63, 3.8) is 0 Å². The van der Waals surface area contributed by atoms with Gasteiger partial charge < -0.3 is 4.74 Å². The maximum absolute atomic E-state index is 11.4. The Bertz CT molecular complexity index is 245. The third kappa shape index (κ3) is 0.780. The molecular weight excluding hydrogens is 152 g/mol. The van der Waals surface area contributed by atoms with Crippen molar-refractivity contribution in [2.75, 3.05) is 0 Å². The highest BCUT2D eigenvalue weighted by molar-refractivity contribution is 5.80. The Balaban J connectivity index is 2.42. The average molecular weight is 166 g/mol. The normalized spacial score (nSPS) is 38.2. The minimum Gasteiger partial charge on any atom is -0.461 e. The summed E-state index contributed by atoms with van der Waals surface area (Å²) in [4.78, 5) is 11.4. The van der Waals surface area contributed by atoms with Gasteiger partial charge in [0, 0.05) is 5.41 Å². The second-order valence-electron chi connectivity index (χ2n) is 4.38. The van der Waals surface area contributed by atoms with Crippen molar-refractivity contribution in [2.45, 2.75) is 32.8 Å². The van der Waals surface area contributed by atoms with Gasteiger partial charge in [-0.2, -0.15) is 0 Å². The van der Waals surface area contributed by atoms with E-state index in [4.69, 9.17) is 4.74 Å². The number of hydrogen-bond acceptors (Lipinski definition) is 2. The number of esters is 1. The standard InChI is InChI=1S/C10H14O2/c1-6-4-5-7-10(2,3)8(6)9(11)12-7/h7-8H,1,4-5H2,2-3H3. The predicted molar refractivity (Wildman–Crippen MR) is 45.5 cm³/mol. The van der Waals surface area contributed by atoms with Crippen LogP contribution >= 0.6 is 0 Å². The number of carbonyl (C=O) groups excluding carboxylic acids is 1. The highest BCUT2D eigenvalue weighted by atomic mass is 16.6. The van der Waals surface area contributed by atoms with E-state index in [0.29, 0.717) is 0 Å². The molecule has 0 radical (unpaired) electrons. The Hall–Kier alpha value is -0.790. The molecule has 1 aliphatic carbocycles. The fraction of sp³-hybridized carbons (Fsp3) is 0.700. The topological polar surface area (TPSA) is 26.3 Å². The van der Waals surface area contributed by atoms with Gasteiger partial charge in [-0.1, -0.05) is 26.0 Å². The maximum atomic E-state index is 11.4. The molecular formula is C10H14O2. The van der Waals surface area contributed by atoms with Crippen molar-refractivity contribution in [1.82, 2.24) is 0 Å². The molecule has 0 N–H and O–H groups in total. The largest absolute Gasteiger partial charge is 0.461 e. The van der Waals surface area contributed by atoms with Crippen molar-refractivity contribution in [3.8, 4) is 0 Å². The van der Waals surface area contributed by atoms with Crippen molar-refractivity contribution in [2.24, 2.45) is 11.3 Å². The molecule has 0 amide bonds. The second kappa shape index (κ2) is 2.12. The van der Waals surface area contributed by atoms with Gasteiger partial charge in [0.05, 0.1) is 5.92 Å². The zero-order valence-corrected chi connectivity index (χ0v) is 7.59. The molecule has 0 aromatic heterocycles. The highest BCUT2D eigenvalue weighted by Gasteiger charge is 2.54. The molecule has 2 bridgehead atoms. The summed E-state index contributed by atoms with van der Waals surface area (Å²) >= 11 is 0. The van der Waals surface area contributed by atoms with Crippen LogP contribution in [0, 0.1) is 11.3 Å². The number of rotatable bonds is 0. The molecule has 0 aromatic carbocycles. The van der Waals surface area contributed by atoms with Gasteiger partial charge in [-0.15, -0.1) is 0 Å². The van der Waals surface area contributed by atoms with Gasteiger partial charge in [-0.25, -0.2) is 0 Å². The lowest BCUT2D eigenvalue weighted by atomic mass is 9.67. The molecule has 1 aliphatic heterocycles. The van der Waals surface area contributed by atoms with E-state index in [1.165, 1.54) is 0 Å². The molecule has 0 aromatic rings. The Kier molecular flexibility index (Phi) is 1.39. The molecule has 1 heterocycles. The van der Waals surface area contributed by atoms with Crippen molar-refractivity contribution >= 4 is 5.97 Å². The van der Waals surface area contributed by atoms with Crippen LogP contribution in [0.4, 0.5) is 0 Å². The van der Waals surface area contributed by atoms with E-state index in [-0.39, 0.29) is 23.4 Å². The number of fused-ring (bicyclic) bond motifs is 2. The summed E-state index contributed by atoms with van der Waals surface area (Å²) in [5, 5.41) is 0. The predicted octanol–water partition coefficient (Wildman–Crippen LogP) is 1.90. The Morgan fingerprint density at radius 2 is 2.25 bits per heavy atom. The first-order valence-electron chi connectivity index (χ1n) is 4.41. The summed E-state index contributed by atoms with van der Waals surface area (Å²) in [6.07, 6.45) is 2.03. The summed E-state index contributed by atoms with van der Waals surface area (Å²) in [5.41, 5.74) is 1.03. The SMILES string of the molecule is C=C1CCC2OC(=O)C1C2(C)C. The summed E-state index contributed by atoms with van der Waals surface area (Å²) < 4.78 is 5.27. The van der Waals surface area contributed by atoms with E-state index in [1.807, 2.05) is 0 Å². The summed E-state index contributed by atoms with van der Waals surface area (Å²) in [7, 11) is 0. The average Bonchev–Trinajstić information content (AvgIpc) is 2.12. The van der Waals surface area contributed by atoms with Gasteiger partial charge in [0.1, 0.15) is 6.10 Å². The molecule has 0 spiro atoms. The molecule has 2 heteroatoms. The Morgan fingerprint density at radius 1 is 1.58 bits per heavy atom. The van der Waals surface area contributed by atoms with Gasteiger partial charge in [-0.05, 0) is 12.8 Å². The molecule has 1 saturated heterocycles. The molecule has 2 aliphatic rings. The lowest BCUT2D eigenvalue weighted by Crippen LogP contribution is -2.35. The second-order valence-corrected chi connectivity index (χ2v) is 4.38. The Morgan fingerprint density at radius 3 is 2.83 bits per heavy atom. The van der Waals surface area contributed by atoms with E-state index >= 15 is 0 Å². The van der Waals surface area contributed by atoms with Crippen molar-refractivity contribution in [3.05, 3.63) is 12.2 Å². The molecule has 66 valence electrons. The zero-order valence-electron chi connectivity index (χ0n) is 7.59. The quantitative estimate of drug-likeness (QED) is 0.406. The van der Waals surface area contributed by atoms with Gasteiger partial charge in [0.25, 0.3) is 0 Å². The van der Waals surface area contributed by atoms with E-state index < -0.39 is 0 Å². The van der Waals surface area contributed by atoms with Crippen LogP contribution in [-0.4, -0.2) is 12.1 Å². The van der Waals surface area contributed by atoms with Gasteiger partial charge >= 0.3 is 5.97 Å². The zero-order chi connectivity index (χ0) is 8.93. The lowest BCUT2D eigenvalue weighted by Gasteiger charge is -2.34. The van der Waals surface area contributed by atoms with Crippen LogP contribution in [0.25, 0.3) is 0 Å². The van der Waals surface area contributed by atoms with Crippen LogP contribution < -0.4 is 0 Å². The van der Waals surface area contributed by atoms with E-state index in [9.17, 15) is 4.79 Å². The number of hydrogen-bond donors (Lipinski definition) is 0. The minimum absolute atomic E-state index is 0.0214. The smallest absolute Gasteiger partial charge is 0.314 e. The molecule has 2 unspecified atom stereocenters. The first-order valence-corrected chi connectivity index (χ1v) is 4.41. The third-order valence-corrected chi connectivity index (χ3v) is 3.20. The first kappa shape index (κ1) is 7.84. The van der Waals surface area contributed by atoms with Gasteiger partial charge in [0.2, 0.25) is 0 Å². The fourth-order valence-electron chi connectivity index (χ4n) is 2.43. The van der Waals surface area contributed by atoms with Gasteiger partial charge in [0.15, 0.2) is 0 Å². The van der Waals surface area contributed by atoms with E-state index in [0.717, 1.165) is 18.4 Å². The minimum atomic E-state index is -0.0625. The van der Waals surface area contributed by atoms with E-state index in [2.05, 4.69) is 20.4 Å². The van der Waals surface area contributed by atoms with Crippen molar-refractivity contribution < 1.29 is 9.53 Å². The molecule has 2 atom stereocenters. The maximum Gasteiger partial charge on any atom is 0.314 e. The number of ether oxygens (including phenoxy) is 1. The summed E-state index contributed by atoms with van der Waals surface area (Å²) in [6.45, 7) is 8.13. The van der Waals surface area contributed by atoms with Crippen LogP contribution in [0.15, 0.2) is 12.2 Å². The summed E-state index contributed by atoms with van der Waals surface area (Å²) in [6, 6.07) is 0. The Labute approximate surface area is 72.6 Å². The molecule has 12 heavy (non-hydrogen) atoms. The van der Waals surface area contributed by atoms with Crippen molar-refractivity contribution in [1.29, 1.82) is 0 Å². The monoisotopic (exact) mass is 166 g/mol. The van der Waals surface area contributed by atoms with Crippen LogP contribution in [-0.2, 0) is 9.53 Å². The number of carbonyl (C=O) groups is 1. The van der Waals surface area contributed by atoms with Crippen LogP contribution in [0.1, 0.15) is 26.7 Å².